The SMILES string of the molecule is Cc1cc(C(=O)NCCC(O)c2cccn2C)c(C)o1. The van der Waals surface area contributed by atoms with Crippen molar-refractivity contribution in [1.29, 1.82) is 0 Å². The first-order valence-corrected chi connectivity index (χ1v) is 6.63. The fraction of sp³-hybridized carbons (Fsp3) is 0.400. The third-order valence-electron chi connectivity index (χ3n) is 3.31. The van der Waals surface area contributed by atoms with Gasteiger partial charge < -0.3 is 19.4 Å². The number of aryl methyl sites for hydroxylation is 3. The lowest BCUT2D eigenvalue weighted by molar-refractivity contribution is 0.0940. The summed E-state index contributed by atoms with van der Waals surface area (Å²) in [6, 6.07) is 5.48. The van der Waals surface area contributed by atoms with E-state index in [1.807, 2.05) is 36.9 Å². The standard InChI is InChI=1S/C15H20N2O3/c1-10-9-12(11(2)20-10)15(19)16-7-6-14(18)13-5-4-8-17(13)3/h4-5,8-9,14,18H,6-7H2,1-3H3,(H,16,19). The highest BCUT2D eigenvalue weighted by Crippen LogP contribution is 2.16. The van der Waals surface area contributed by atoms with Crippen molar-refractivity contribution in [2.24, 2.45) is 7.05 Å². The lowest BCUT2D eigenvalue weighted by Gasteiger charge is -2.12. The van der Waals surface area contributed by atoms with Gasteiger partial charge in [-0.1, -0.05) is 0 Å². The lowest BCUT2D eigenvalue weighted by Crippen LogP contribution is -2.26. The number of rotatable bonds is 5. The van der Waals surface area contributed by atoms with E-state index < -0.39 is 6.10 Å². The van der Waals surface area contributed by atoms with Gasteiger partial charge in [0.1, 0.15) is 11.5 Å². The van der Waals surface area contributed by atoms with Crippen LogP contribution in [0.3, 0.4) is 0 Å². The van der Waals surface area contributed by atoms with Crippen LogP contribution < -0.4 is 5.32 Å². The quantitative estimate of drug-likeness (QED) is 0.878. The molecule has 1 atom stereocenters. The second kappa shape index (κ2) is 5.96. The average molecular weight is 276 g/mol. The molecule has 1 unspecified atom stereocenters. The fourth-order valence-corrected chi connectivity index (χ4v) is 2.24. The van der Waals surface area contributed by atoms with Gasteiger partial charge in [0.05, 0.1) is 11.7 Å². The molecule has 5 nitrogen and oxygen atoms in total. The monoisotopic (exact) mass is 276 g/mol. The molecular formula is C15H20N2O3. The van der Waals surface area contributed by atoms with Crippen LogP contribution in [0.5, 0.6) is 0 Å². The van der Waals surface area contributed by atoms with Gasteiger partial charge in [-0.3, -0.25) is 4.79 Å². The van der Waals surface area contributed by atoms with Crippen LogP contribution in [0.4, 0.5) is 0 Å². The van der Waals surface area contributed by atoms with E-state index in [9.17, 15) is 9.90 Å². The Labute approximate surface area is 118 Å². The average Bonchev–Trinajstić information content (AvgIpc) is 2.95. The van der Waals surface area contributed by atoms with Crippen LogP contribution in [0.1, 0.15) is 40.1 Å². The molecule has 108 valence electrons. The normalized spacial score (nSPS) is 12.4. The van der Waals surface area contributed by atoms with Crippen molar-refractivity contribution in [3.63, 3.8) is 0 Å². The van der Waals surface area contributed by atoms with Gasteiger partial charge in [0.15, 0.2) is 0 Å². The molecule has 20 heavy (non-hydrogen) atoms. The van der Waals surface area contributed by atoms with Crippen LogP contribution in [-0.2, 0) is 7.05 Å². The van der Waals surface area contributed by atoms with Crippen molar-refractivity contribution in [1.82, 2.24) is 9.88 Å². The van der Waals surface area contributed by atoms with Gasteiger partial charge in [-0.2, -0.15) is 0 Å². The molecule has 0 aromatic carbocycles. The summed E-state index contributed by atoms with van der Waals surface area (Å²) in [6.45, 7) is 3.98. The molecule has 0 saturated heterocycles. The Hall–Kier alpha value is -2.01. The number of hydrogen-bond acceptors (Lipinski definition) is 3. The molecule has 2 heterocycles. The molecule has 0 saturated carbocycles. The Balaban J connectivity index is 1.86. The molecule has 1 amide bonds. The second-order valence-corrected chi connectivity index (χ2v) is 4.93. The minimum Gasteiger partial charge on any atom is -0.466 e. The topological polar surface area (TPSA) is 67.4 Å². The summed E-state index contributed by atoms with van der Waals surface area (Å²) in [5, 5.41) is 12.8. The Morgan fingerprint density at radius 2 is 2.25 bits per heavy atom. The van der Waals surface area contributed by atoms with Crippen molar-refractivity contribution < 1.29 is 14.3 Å². The van der Waals surface area contributed by atoms with E-state index in [2.05, 4.69) is 5.32 Å². The molecule has 0 spiro atoms. The molecule has 0 aliphatic carbocycles. The predicted molar refractivity (Wildman–Crippen MR) is 75.5 cm³/mol. The van der Waals surface area contributed by atoms with Crippen molar-refractivity contribution >= 4 is 5.91 Å². The van der Waals surface area contributed by atoms with Gasteiger partial charge in [-0.15, -0.1) is 0 Å². The number of nitrogens with one attached hydrogen (secondary N) is 1. The number of hydrogen-bond donors (Lipinski definition) is 2. The number of amides is 1. The number of nitrogens with zero attached hydrogens (tertiary/aromatic N) is 1. The summed E-state index contributed by atoms with van der Waals surface area (Å²) in [5.41, 5.74) is 1.39. The molecule has 2 aromatic heterocycles. The summed E-state index contributed by atoms with van der Waals surface area (Å²) in [5.74, 6) is 1.16. The summed E-state index contributed by atoms with van der Waals surface area (Å²) >= 11 is 0. The molecule has 0 bridgehead atoms. The predicted octanol–water partition coefficient (Wildman–Crippen LogP) is 2.09. The van der Waals surface area contributed by atoms with E-state index in [4.69, 9.17) is 4.42 Å². The van der Waals surface area contributed by atoms with Gasteiger partial charge in [0.25, 0.3) is 5.91 Å². The van der Waals surface area contributed by atoms with Crippen LogP contribution in [0, 0.1) is 13.8 Å². The molecule has 0 fully saturated rings. The van der Waals surface area contributed by atoms with E-state index in [1.54, 1.807) is 13.0 Å². The van der Waals surface area contributed by atoms with E-state index in [0.717, 1.165) is 11.5 Å². The van der Waals surface area contributed by atoms with E-state index in [-0.39, 0.29) is 5.91 Å². The minimum atomic E-state index is -0.581. The zero-order chi connectivity index (χ0) is 14.7. The highest BCUT2D eigenvalue weighted by atomic mass is 16.3. The number of carbonyl (C=O) groups is 1. The minimum absolute atomic E-state index is 0.168. The van der Waals surface area contributed by atoms with Gasteiger partial charge in [-0.05, 0) is 38.5 Å². The van der Waals surface area contributed by atoms with Crippen LogP contribution in [-0.4, -0.2) is 22.1 Å². The van der Waals surface area contributed by atoms with Gasteiger partial charge in [-0.25, -0.2) is 0 Å². The maximum Gasteiger partial charge on any atom is 0.254 e. The molecule has 0 radical (unpaired) electrons. The second-order valence-electron chi connectivity index (χ2n) is 4.93. The largest absolute Gasteiger partial charge is 0.466 e. The number of aliphatic hydroxyl groups excluding tert-OH is 1. The Kier molecular flexibility index (Phi) is 4.29. The summed E-state index contributed by atoms with van der Waals surface area (Å²) in [7, 11) is 1.88. The summed E-state index contributed by atoms with van der Waals surface area (Å²) in [6.07, 6.45) is 1.77. The number of aliphatic hydroxyl groups is 1. The third kappa shape index (κ3) is 3.11. The Bertz CT molecular complexity index is 598. The zero-order valence-electron chi connectivity index (χ0n) is 12.0. The molecular weight excluding hydrogens is 256 g/mol. The van der Waals surface area contributed by atoms with Crippen molar-refractivity contribution in [3.05, 3.63) is 47.2 Å². The smallest absolute Gasteiger partial charge is 0.254 e. The maximum absolute atomic E-state index is 12.0. The molecule has 2 rings (SSSR count). The first-order valence-electron chi connectivity index (χ1n) is 6.63. The van der Waals surface area contributed by atoms with Crippen molar-refractivity contribution in [2.75, 3.05) is 6.54 Å². The van der Waals surface area contributed by atoms with Gasteiger partial charge >= 0.3 is 0 Å². The first kappa shape index (κ1) is 14.4. The van der Waals surface area contributed by atoms with Crippen LogP contribution in [0.2, 0.25) is 0 Å². The number of carbonyl (C=O) groups excluding carboxylic acids is 1. The number of aromatic nitrogens is 1. The number of furan rings is 1. The zero-order valence-corrected chi connectivity index (χ0v) is 12.0. The summed E-state index contributed by atoms with van der Waals surface area (Å²) in [4.78, 5) is 12.0. The third-order valence-corrected chi connectivity index (χ3v) is 3.31. The first-order chi connectivity index (χ1) is 9.49. The Morgan fingerprint density at radius 3 is 2.80 bits per heavy atom. The molecule has 5 heteroatoms. The van der Waals surface area contributed by atoms with E-state index in [0.29, 0.717) is 24.3 Å². The van der Waals surface area contributed by atoms with Crippen LogP contribution in [0.15, 0.2) is 28.8 Å². The van der Waals surface area contributed by atoms with Crippen LogP contribution in [0.25, 0.3) is 0 Å². The van der Waals surface area contributed by atoms with Crippen molar-refractivity contribution in [3.8, 4) is 0 Å². The molecule has 0 aliphatic heterocycles. The molecule has 2 aromatic rings. The fourth-order valence-electron chi connectivity index (χ4n) is 2.24. The van der Waals surface area contributed by atoms with E-state index >= 15 is 0 Å². The highest BCUT2D eigenvalue weighted by molar-refractivity contribution is 5.95. The van der Waals surface area contributed by atoms with Crippen LogP contribution >= 0.6 is 0 Å². The highest BCUT2D eigenvalue weighted by Gasteiger charge is 2.14. The Morgan fingerprint density at radius 1 is 1.50 bits per heavy atom. The summed E-state index contributed by atoms with van der Waals surface area (Å²) < 4.78 is 7.20. The molecule has 2 N–H and O–H groups in total. The van der Waals surface area contributed by atoms with E-state index in [1.165, 1.54) is 0 Å². The van der Waals surface area contributed by atoms with Gasteiger partial charge in [0, 0.05) is 25.5 Å². The molecule has 0 aliphatic rings. The maximum atomic E-state index is 12.0. The van der Waals surface area contributed by atoms with Gasteiger partial charge in [0.2, 0.25) is 0 Å². The van der Waals surface area contributed by atoms with Crippen molar-refractivity contribution in [2.45, 2.75) is 26.4 Å². The lowest BCUT2D eigenvalue weighted by atomic mass is 10.2.